The highest BCUT2D eigenvalue weighted by Crippen LogP contribution is 2.24. The molecule has 130 valence electrons. The Morgan fingerprint density at radius 2 is 1.96 bits per heavy atom. The SMILES string of the molecule is Cc1cc(C(=O)N(C)C2CCNC2)c(C)n1-c1ccc(Br)cc1.Cl. The van der Waals surface area contributed by atoms with Crippen molar-refractivity contribution in [3.8, 4) is 5.69 Å². The fourth-order valence-electron chi connectivity index (χ4n) is 3.29. The van der Waals surface area contributed by atoms with Gasteiger partial charge in [-0.15, -0.1) is 12.4 Å². The third-order valence-electron chi connectivity index (χ3n) is 4.65. The number of benzene rings is 1. The fraction of sp³-hybridized carbons (Fsp3) is 0.389. The van der Waals surface area contributed by atoms with Crippen LogP contribution in [0.2, 0.25) is 0 Å². The van der Waals surface area contributed by atoms with Crippen molar-refractivity contribution in [2.24, 2.45) is 0 Å². The largest absolute Gasteiger partial charge is 0.337 e. The van der Waals surface area contributed by atoms with Crippen LogP contribution in [-0.4, -0.2) is 41.6 Å². The van der Waals surface area contributed by atoms with Crippen molar-refractivity contribution in [3.05, 3.63) is 51.8 Å². The van der Waals surface area contributed by atoms with E-state index in [-0.39, 0.29) is 18.3 Å². The van der Waals surface area contributed by atoms with E-state index in [9.17, 15) is 4.79 Å². The van der Waals surface area contributed by atoms with E-state index in [1.54, 1.807) is 0 Å². The van der Waals surface area contributed by atoms with Crippen molar-refractivity contribution in [2.75, 3.05) is 20.1 Å². The number of amides is 1. The first-order valence-electron chi connectivity index (χ1n) is 7.92. The van der Waals surface area contributed by atoms with Crippen molar-refractivity contribution < 1.29 is 4.79 Å². The molecule has 6 heteroatoms. The number of halogens is 2. The average molecular weight is 413 g/mol. The Balaban J connectivity index is 0.00000208. The predicted octanol–water partition coefficient (Wildman–Crippen LogP) is 3.71. The molecule has 1 atom stereocenters. The summed E-state index contributed by atoms with van der Waals surface area (Å²) >= 11 is 3.46. The maximum absolute atomic E-state index is 12.9. The highest BCUT2D eigenvalue weighted by molar-refractivity contribution is 9.10. The molecule has 1 amide bonds. The average Bonchev–Trinajstić information content (AvgIpc) is 3.16. The number of nitrogens with zero attached hydrogens (tertiary/aromatic N) is 2. The molecule has 0 bridgehead atoms. The van der Waals surface area contributed by atoms with Crippen LogP contribution < -0.4 is 5.32 Å². The molecule has 0 saturated carbocycles. The Hall–Kier alpha value is -1.30. The van der Waals surface area contributed by atoms with Gasteiger partial charge in [0.05, 0.1) is 5.56 Å². The van der Waals surface area contributed by atoms with Gasteiger partial charge in [0.2, 0.25) is 0 Å². The minimum atomic E-state index is 0. The Kier molecular flexibility index (Phi) is 6.12. The first-order chi connectivity index (χ1) is 11.0. The van der Waals surface area contributed by atoms with Gasteiger partial charge in [-0.1, -0.05) is 15.9 Å². The molecule has 1 aliphatic heterocycles. The molecule has 3 rings (SSSR count). The number of carbonyl (C=O) groups excluding carboxylic acids is 1. The lowest BCUT2D eigenvalue weighted by Gasteiger charge is -2.23. The first-order valence-corrected chi connectivity index (χ1v) is 8.71. The summed E-state index contributed by atoms with van der Waals surface area (Å²) in [6.07, 6.45) is 1.02. The molecule has 1 N–H and O–H groups in total. The normalized spacial score (nSPS) is 16.8. The summed E-state index contributed by atoms with van der Waals surface area (Å²) in [6, 6.07) is 10.4. The molecule has 2 aromatic rings. The summed E-state index contributed by atoms with van der Waals surface area (Å²) < 4.78 is 3.19. The fourth-order valence-corrected chi connectivity index (χ4v) is 3.56. The molecular formula is C18H23BrClN3O. The zero-order valence-corrected chi connectivity index (χ0v) is 16.6. The van der Waals surface area contributed by atoms with Crippen LogP contribution in [0.1, 0.15) is 28.2 Å². The molecule has 24 heavy (non-hydrogen) atoms. The number of hydrogen-bond donors (Lipinski definition) is 1. The summed E-state index contributed by atoms with van der Waals surface area (Å²) in [4.78, 5) is 14.8. The van der Waals surface area contributed by atoms with Gasteiger partial charge in [0.1, 0.15) is 0 Å². The van der Waals surface area contributed by atoms with E-state index in [2.05, 4.69) is 37.9 Å². The zero-order valence-electron chi connectivity index (χ0n) is 14.2. The second-order valence-electron chi connectivity index (χ2n) is 6.16. The highest BCUT2D eigenvalue weighted by Gasteiger charge is 2.26. The summed E-state index contributed by atoms with van der Waals surface area (Å²) in [6.45, 7) is 5.93. The van der Waals surface area contributed by atoms with Crippen molar-refractivity contribution in [3.63, 3.8) is 0 Å². The summed E-state index contributed by atoms with van der Waals surface area (Å²) in [7, 11) is 1.91. The Morgan fingerprint density at radius 1 is 1.29 bits per heavy atom. The number of likely N-dealkylation sites (N-methyl/N-ethyl adjacent to an activating group) is 1. The third-order valence-corrected chi connectivity index (χ3v) is 5.18. The van der Waals surface area contributed by atoms with E-state index in [0.29, 0.717) is 6.04 Å². The van der Waals surface area contributed by atoms with Crippen molar-refractivity contribution in [1.82, 2.24) is 14.8 Å². The van der Waals surface area contributed by atoms with Gasteiger partial charge in [-0.2, -0.15) is 0 Å². The van der Waals surface area contributed by atoms with Gasteiger partial charge in [-0.05, 0) is 57.1 Å². The van der Waals surface area contributed by atoms with Gasteiger partial charge in [0.15, 0.2) is 0 Å². The van der Waals surface area contributed by atoms with E-state index in [4.69, 9.17) is 0 Å². The third kappa shape index (κ3) is 3.53. The number of nitrogens with one attached hydrogen (secondary N) is 1. The molecule has 1 aromatic heterocycles. The molecule has 4 nitrogen and oxygen atoms in total. The Bertz CT molecular complexity index is 721. The minimum Gasteiger partial charge on any atom is -0.337 e. The van der Waals surface area contributed by atoms with Crippen LogP contribution in [0, 0.1) is 13.8 Å². The molecule has 0 aliphatic carbocycles. The van der Waals surface area contributed by atoms with Crippen LogP contribution in [0.3, 0.4) is 0 Å². The molecule has 1 saturated heterocycles. The minimum absolute atomic E-state index is 0. The van der Waals surface area contributed by atoms with Crippen LogP contribution in [0.4, 0.5) is 0 Å². The van der Waals surface area contributed by atoms with Crippen LogP contribution in [-0.2, 0) is 0 Å². The summed E-state index contributed by atoms with van der Waals surface area (Å²) in [5.41, 5.74) is 3.94. The number of carbonyl (C=O) groups is 1. The lowest BCUT2D eigenvalue weighted by Crippen LogP contribution is -2.38. The monoisotopic (exact) mass is 411 g/mol. The maximum atomic E-state index is 12.9. The van der Waals surface area contributed by atoms with E-state index >= 15 is 0 Å². The Labute approximate surface area is 157 Å². The van der Waals surface area contributed by atoms with E-state index in [1.165, 1.54) is 0 Å². The zero-order chi connectivity index (χ0) is 16.6. The molecule has 1 aromatic carbocycles. The maximum Gasteiger partial charge on any atom is 0.255 e. The van der Waals surface area contributed by atoms with Crippen molar-refractivity contribution in [2.45, 2.75) is 26.3 Å². The second-order valence-corrected chi connectivity index (χ2v) is 7.07. The molecule has 1 aliphatic rings. The van der Waals surface area contributed by atoms with E-state index in [1.807, 2.05) is 44.0 Å². The van der Waals surface area contributed by atoms with Gasteiger partial charge in [-0.3, -0.25) is 4.79 Å². The van der Waals surface area contributed by atoms with Gasteiger partial charge in [0.25, 0.3) is 5.91 Å². The topological polar surface area (TPSA) is 37.3 Å². The number of aryl methyl sites for hydroxylation is 1. The van der Waals surface area contributed by atoms with Crippen LogP contribution in [0.25, 0.3) is 5.69 Å². The van der Waals surface area contributed by atoms with Crippen LogP contribution in [0.15, 0.2) is 34.8 Å². The highest BCUT2D eigenvalue weighted by atomic mass is 79.9. The molecule has 1 unspecified atom stereocenters. The molecule has 2 heterocycles. The number of aromatic nitrogens is 1. The number of rotatable bonds is 3. The standard InChI is InChI=1S/C18H22BrN3O.ClH/c1-12-10-17(18(23)21(3)16-8-9-20-11-16)13(2)22(12)15-6-4-14(19)5-7-15;/h4-7,10,16,20H,8-9,11H2,1-3H3;1H. The molecule has 1 fully saturated rings. The molecule has 0 radical (unpaired) electrons. The van der Waals surface area contributed by atoms with Gasteiger partial charge in [0, 0.05) is 41.2 Å². The lowest BCUT2D eigenvalue weighted by molar-refractivity contribution is 0.0743. The Morgan fingerprint density at radius 3 is 2.54 bits per heavy atom. The predicted molar refractivity (Wildman–Crippen MR) is 104 cm³/mol. The smallest absolute Gasteiger partial charge is 0.255 e. The molecular weight excluding hydrogens is 390 g/mol. The second kappa shape index (κ2) is 7.72. The molecule has 0 spiro atoms. The van der Waals surface area contributed by atoms with Gasteiger partial charge >= 0.3 is 0 Å². The van der Waals surface area contributed by atoms with Crippen LogP contribution >= 0.6 is 28.3 Å². The first kappa shape index (κ1) is 19.0. The quantitative estimate of drug-likeness (QED) is 0.834. The number of hydrogen-bond acceptors (Lipinski definition) is 2. The van der Waals surface area contributed by atoms with E-state index in [0.717, 1.165) is 46.6 Å². The van der Waals surface area contributed by atoms with Crippen molar-refractivity contribution >= 4 is 34.2 Å². The lowest BCUT2D eigenvalue weighted by atomic mass is 10.1. The summed E-state index contributed by atoms with van der Waals surface area (Å²) in [5, 5.41) is 3.32. The van der Waals surface area contributed by atoms with Crippen molar-refractivity contribution in [1.29, 1.82) is 0 Å². The van der Waals surface area contributed by atoms with Gasteiger partial charge < -0.3 is 14.8 Å². The van der Waals surface area contributed by atoms with Gasteiger partial charge in [-0.25, -0.2) is 0 Å². The van der Waals surface area contributed by atoms with Crippen LogP contribution in [0.5, 0.6) is 0 Å². The van der Waals surface area contributed by atoms with E-state index < -0.39 is 0 Å². The summed E-state index contributed by atoms with van der Waals surface area (Å²) in [5.74, 6) is 0.107.